The molecule has 9 nitrogen and oxygen atoms in total. The maximum absolute atomic E-state index is 13.2. The monoisotopic (exact) mass is 1270 g/mol. The Kier molecular flexibility index (Phi) is 66.2. The summed E-state index contributed by atoms with van der Waals surface area (Å²) >= 11 is 0. The van der Waals surface area contributed by atoms with E-state index in [2.05, 4.69) is 104 Å². The standard InChI is InChI=1S/C82H147NO8/c1-3-5-7-9-11-13-15-17-19-21-23-25-27-29-31-33-34-35-36-37-38-39-40-41-42-44-46-48-50-52-54-56-58-60-62-64-66-68-70-72-78(86)83-75(74-90-82-81(89)80(88)79(87)77(73-84)91-82)76(85)71-69-67-65-63-61-59-57-55-53-51-49-47-45-43-32-30-28-26-24-22-20-18-16-14-12-10-8-6-4-2/h5,7,11,13,17,19,23,25,29,31,34-35,37-38,69,71,75-77,79-82,84-85,87-89H,3-4,6,8-10,12,14-16,18,20-22,24,26-28,30,32-33,36,39-68,70,72-74H2,1-2H3,(H,83,86)/b7-5-,13-11-,19-17-,25-23-,31-29-,35-34-,38-37-,71-69+. The number of hydrogen-bond donors (Lipinski definition) is 6. The molecule has 1 fully saturated rings. The fourth-order valence-corrected chi connectivity index (χ4v) is 12.1. The van der Waals surface area contributed by atoms with Gasteiger partial charge in [-0.15, -0.1) is 0 Å². The van der Waals surface area contributed by atoms with Crippen molar-refractivity contribution >= 4 is 5.91 Å². The molecule has 1 heterocycles. The molecule has 91 heavy (non-hydrogen) atoms. The van der Waals surface area contributed by atoms with Crippen LogP contribution in [0.5, 0.6) is 0 Å². The smallest absolute Gasteiger partial charge is 0.220 e. The van der Waals surface area contributed by atoms with Crippen LogP contribution in [-0.2, 0) is 14.3 Å². The van der Waals surface area contributed by atoms with Gasteiger partial charge in [0.15, 0.2) is 6.29 Å². The van der Waals surface area contributed by atoms with Crippen molar-refractivity contribution < 1.29 is 39.8 Å². The molecule has 1 amide bonds. The molecule has 6 N–H and O–H groups in total. The van der Waals surface area contributed by atoms with Gasteiger partial charge in [0.25, 0.3) is 0 Å². The second-order valence-corrected chi connectivity index (χ2v) is 26.8. The topological polar surface area (TPSA) is 149 Å². The molecule has 1 aliphatic heterocycles. The lowest BCUT2D eigenvalue weighted by Crippen LogP contribution is -2.60. The first-order chi connectivity index (χ1) is 44.8. The van der Waals surface area contributed by atoms with Gasteiger partial charge >= 0.3 is 0 Å². The third kappa shape index (κ3) is 58.2. The van der Waals surface area contributed by atoms with E-state index in [9.17, 15) is 30.3 Å². The van der Waals surface area contributed by atoms with Gasteiger partial charge in [0, 0.05) is 6.42 Å². The summed E-state index contributed by atoms with van der Waals surface area (Å²) in [5.74, 6) is -0.173. The fourth-order valence-electron chi connectivity index (χ4n) is 12.1. The van der Waals surface area contributed by atoms with E-state index >= 15 is 0 Å². The molecule has 528 valence electrons. The van der Waals surface area contributed by atoms with Crippen molar-refractivity contribution in [2.75, 3.05) is 13.2 Å². The van der Waals surface area contributed by atoms with Crippen molar-refractivity contribution in [2.24, 2.45) is 0 Å². The Balaban J connectivity index is 2.09. The lowest BCUT2D eigenvalue weighted by atomic mass is 9.99. The number of ether oxygens (including phenoxy) is 2. The Labute approximate surface area is 562 Å². The van der Waals surface area contributed by atoms with Gasteiger partial charge in [-0.25, -0.2) is 0 Å². The third-order valence-electron chi connectivity index (χ3n) is 18.2. The van der Waals surface area contributed by atoms with E-state index in [1.165, 1.54) is 257 Å². The molecular formula is C82H147NO8. The van der Waals surface area contributed by atoms with Crippen LogP contribution in [0.2, 0.25) is 0 Å². The van der Waals surface area contributed by atoms with Crippen molar-refractivity contribution in [3.05, 3.63) is 97.2 Å². The first-order valence-electron chi connectivity index (χ1n) is 39.0. The highest BCUT2D eigenvalue weighted by atomic mass is 16.7. The zero-order chi connectivity index (χ0) is 65.7. The van der Waals surface area contributed by atoms with Gasteiger partial charge in [-0.3, -0.25) is 4.79 Å². The number of aliphatic hydroxyl groups is 5. The molecule has 1 saturated heterocycles. The fraction of sp³-hybridized carbons (Fsp3) is 0.793. The van der Waals surface area contributed by atoms with E-state index in [0.29, 0.717) is 6.42 Å². The van der Waals surface area contributed by atoms with Crippen molar-refractivity contribution in [1.29, 1.82) is 0 Å². The Bertz CT molecular complexity index is 1770. The Morgan fingerprint density at radius 2 is 0.681 bits per heavy atom. The van der Waals surface area contributed by atoms with Crippen LogP contribution < -0.4 is 5.32 Å². The summed E-state index contributed by atoms with van der Waals surface area (Å²) < 4.78 is 11.3. The molecule has 0 bridgehead atoms. The van der Waals surface area contributed by atoms with Crippen LogP contribution in [0.25, 0.3) is 0 Å². The minimum atomic E-state index is -1.57. The molecule has 1 rings (SSSR count). The predicted molar refractivity (Wildman–Crippen MR) is 391 cm³/mol. The second kappa shape index (κ2) is 69.9. The van der Waals surface area contributed by atoms with Gasteiger partial charge in [-0.1, -0.05) is 374 Å². The molecule has 0 aromatic carbocycles. The number of carbonyl (C=O) groups is 1. The number of unbranched alkanes of at least 4 members (excludes halogenated alkanes) is 44. The highest BCUT2D eigenvalue weighted by Gasteiger charge is 2.44. The van der Waals surface area contributed by atoms with Gasteiger partial charge < -0.3 is 40.3 Å². The predicted octanol–water partition coefficient (Wildman–Crippen LogP) is 22.2. The van der Waals surface area contributed by atoms with Gasteiger partial charge in [0.2, 0.25) is 5.91 Å². The van der Waals surface area contributed by atoms with Gasteiger partial charge in [-0.05, 0) is 77.0 Å². The first kappa shape index (κ1) is 86.1. The zero-order valence-electron chi connectivity index (χ0n) is 59.3. The van der Waals surface area contributed by atoms with E-state index in [-0.39, 0.29) is 12.5 Å². The van der Waals surface area contributed by atoms with Crippen molar-refractivity contribution in [3.63, 3.8) is 0 Å². The SMILES string of the molecule is CC/C=C\C/C=C\C/C=C\C/C=C\C/C=C\C/C=C\C/C=C\CCCCCCCCCCCCCCCCCCCC(=O)NC(COC1OC(CO)C(O)C(O)C1O)C(O)/C=C/CCCCCCCCCCCCCCCCCCCCCCCCCCCCC. The normalized spacial score (nSPS) is 18.3. The summed E-state index contributed by atoms with van der Waals surface area (Å²) in [6.07, 6.45) is 95.4. The number of nitrogens with one attached hydrogen (secondary N) is 1. The molecule has 0 aromatic heterocycles. The quantitative estimate of drug-likeness (QED) is 0.0261. The molecular weight excluding hydrogens is 1130 g/mol. The lowest BCUT2D eigenvalue weighted by molar-refractivity contribution is -0.302. The van der Waals surface area contributed by atoms with Crippen molar-refractivity contribution in [2.45, 2.75) is 403 Å². The number of amides is 1. The molecule has 1 aliphatic rings. The summed E-state index contributed by atoms with van der Waals surface area (Å²) in [4.78, 5) is 13.2. The maximum Gasteiger partial charge on any atom is 0.220 e. The number of carbonyl (C=O) groups excluding carboxylic acids is 1. The minimum absolute atomic E-state index is 0.173. The molecule has 0 spiro atoms. The molecule has 0 aliphatic carbocycles. The van der Waals surface area contributed by atoms with Gasteiger partial charge in [0.1, 0.15) is 24.4 Å². The number of rotatable bonds is 68. The van der Waals surface area contributed by atoms with Crippen LogP contribution in [0.15, 0.2) is 97.2 Å². The molecule has 9 heteroatoms. The van der Waals surface area contributed by atoms with E-state index in [0.717, 1.165) is 83.5 Å². The molecule has 0 aromatic rings. The van der Waals surface area contributed by atoms with Crippen molar-refractivity contribution in [3.8, 4) is 0 Å². The highest BCUT2D eigenvalue weighted by Crippen LogP contribution is 2.24. The van der Waals surface area contributed by atoms with Crippen molar-refractivity contribution in [1.82, 2.24) is 5.32 Å². The molecule has 7 atom stereocenters. The van der Waals surface area contributed by atoms with E-state index < -0.39 is 49.5 Å². The van der Waals surface area contributed by atoms with E-state index in [4.69, 9.17) is 9.47 Å². The summed E-state index contributed by atoms with van der Waals surface area (Å²) in [6, 6.07) is -0.811. The molecule has 7 unspecified atom stereocenters. The summed E-state index contributed by atoms with van der Waals surface area (Å²) in [5.41, 5.74) is 0. The van der Waals surface area contributed by atoms with Gasteiger partial charge in [0.05, 0.1) is 25.4 Å². The summed E-state index contributed by atoms with van der Waals surface area (Å²) in [7, 11) is 0. The van der Waals surface area contributed by atoms with Crippen LogP contribution in [0.1, 0.15) is 361 Å². The number of allylic oxidation sites excluding steroid dienone is 15. The van der Waals surface area contributed by atoms with Crippen LogP contribution >= 0.6 is 0 Å². The van der Waals surface area contributed by atoms with E-state index in [1.54, 1.807) is 6.08 Å². The van der Waals surface area contributed by atoms with Gasteiger partial charge in [-0.2, -0.15) is 0 Å². The first-order valence-corrected chi connectivity index (χ1v) is 39.0. The largest absolute Gasteiger partial charge is 0.394 e. The Morgan fingerprint density at radius 1 is 0.385 bits per heavy atom. The highest BCUT2D eigenvalue weighted by molar-refractivity contribution is 5.76. The number of hydrogen-bond acceptors (Lipinski definition) is 8. The maximum atomic E-state index is 13.2. The van der Waals surface area contributed by atoms with E-state index in [1.807, 2.05) is 6.08 Å². The second-order valence-electron chi connectivity index (χ2n) is 26.8. The Morgan fingerprint density at radius 3 is 1.01 bits per heavy atom. The molecule has 0 radical (unpaired) electrons. The Hall–Kier alpha value is -2.89. The van der Waals surface area contributed by atoms with Crippen LogP contribution in [0.4, 0.5) is 0 Å². The minimum Gasteiger partial charge on any atom is -0.394 e. The average Bonchev–Trinajstić information content (AvgIpc) is 1.33. The third-order valence-corrected chi connectivity index (χ3v) is 18.2. The van der Waals surface area contributed by atoms with Crippen LogP contribution in [0.3, 0.4) is 0 Å². The number of aliphatic hydroxyl groups excluding tert-OH is 5. The average molecular weight is 1280 g/mol. The van der Waals surface area contributed by atoms with Crippen LogP contribution in [0, 0.1) is 0 Å². The van der Waals surface area contributed by atoms with Crippen LogP contribution in [-0.4, -0.2) is 87.5 Å². The summed E-state index contributed by atoms with van der Waals surface area (Å²) in [6.45, 7) is 3.71. The zero-order valence-corrected chi connectivity index (χ0v) is 59.3. The summed E-state index contributed by atoms with van der Waals surface area (Å²) in [5, 5.41) is 54.9. The molecule has 0 saturated carbocycles. The lowest BCUT2D eigenvalue weighted by Gasteiger charge is -2.40.